The standard InChI is InChI=1S/C7H15IO/c1-4-6(5(2)3)7(8)9/h5-7,9H,4H2,1-3H3/t6-,7?/m1/s1. The Kier molecular flexibility index (Phi) is 4.84. The fourth-order valence-electron chi connectivity index (χ4n) is 0.984. The van der Waals surface area contributed by atoms with Gasteiger partial charge in [0, 0.05) is 0 Å². The van der Waals surface area contributed by atoms with Gasteiger partial charge >= 0.3 is 0 Å². The molecule has 1 unspecified atom stereocenters. The second-order valence-corrected chi connectivity index (χ2v) is 3.96. The van der Waals surface area contributed by atoms with E-state index in [0.717, 1.165) is 6.42 Å². The van der Waals surface area contributed by atoms with Gasteiger partial charge < -0.3 is 5.11 Å². The molecule has 0 spiro atoms. The van der Waals surface area contributed by atoms with Crippen LogP contribution in [0.1, 0.15) is 27.2 Å². The van der Waals surface area contributed by atoms with Crippen LogP contribution in [0.3, 0.4) is 0 Å². The van der Waals surface area contributed by atoms with Crippen molar-refractivity contribution in [3.05, 3.63) is 0 Å². The van der Waals surface area contributed by atoms with E-state index in [1.807, 2.05) is 0 Å². The van der Waals surface area contributed by atoms with Crippen LogP contribution in [-0.2, 0) is 0 Å². The number of rotatable bonds is 3. The Balaban J connectivity index is 3.68. The molecule has 0 radical (unpaired) electrons. The number of aliphatic hydroxyl groups is 1. The average molecular weight is 242 g/mol. The van der Waals surface area contributed by atoms with Crippen LogP contribution < -0.4 is 0 Å². The molecule has 2 atom stereocenters. The van der Waals surface area contributed by atoms with Gasteiger partial charge in [-0.05, 0) is 18.3 Å². The lowest BCUT2D eigenvalue weighted by Gasteiger charge is -2.20. The molecule has 0 saturated heterocycles. The van der Waals surface area contributed by atoms with E-state index in [2.05, 4.69) is 43.4 Å². The van der Waals surface area contributed by atoms with Gasteiger partial charge in [-0.3, -0.25) is 0 Å². The van der Waals surface area contributed by atoms with E-state index in [1.165, 1.54) is 0 Å². The van der Waals surface area contributed by atoms with Gasteiger partial charge in [0.2, 0.25) is 0 Å². The fourth-order valence-corrected chi connectivity index (χ4v) is 2.32. The van der Waals surface area contributed by atoms with Crippen molar-refractivity contribution in [2.24, 2.45) is 11.8 Å². The fraction of sp³-hybridized carbons (Fsp3) is 1.00. The van der Waals surface area contributed by atoms with Crippen LogP contribution in [0, 0.1) is 11.8 Å². The van der Waals surface area contributed by atoms with Crippen LogP contribution >= 0.6 is 22.6 Å². The van der Waals surface area contributed by atoms with E-state index >= 15 is 0 Å². The number of hydrogen-bond acceptors (Lipinski definition) is 1. The highest BCUT2D eigenvalue weighted by Crippen LogP contribution is 2.22. The Morgan fingerprint density at radius 1 is 1.44 bits per heavy atom. The zero-order valence-corrected chi connectivity index (χ0v) is 8.42. The normalized spacial score (nSPS) is 18.0. The Morgan fingerprint density at radius 2 is 1.89 bits per heavy atom. The second-order valence-electron chi connectivity index (χ2n) is 2.69. The molecule has 56 valence electrons. The first-order valence-corrected chi connectivity index (χ1v) is 4.66. The van der Waals surface area contributed by atoms with E-state index in [0.29, 0.717) is 11.8 Å². The van der Waals surface area contributed by atoms with E-state index in [4.69, 9.17) is 5.11 Å². The zero-order chi connectivity index (χ0) is 7.44. The molecule has 1 nitrogen and oxygen atoms in total. The first kappa shape index (κ1) is 9.69. The van der Waals surface area contributed by atoms with E-state index in [-0.39, 0.29) is 4.11 Å². The molecule has 0 amide bonds. The highest BCUT2D eigenvalue weighted by Gasteiger charge is 2.16. The molecule has 0 heterocycles. The zero-order valence-electron chi connectivity index (χ0n) is 6.26. The van der Waals surface area contributed by atoms with Crippen molar-refractivity contribution in [3.8, 4) is 0 Å². The highest BCUT2D eigenvalue weighted by atomic mass is 127. The quantitative estimate of drug-likeness (QED) is 0.595. The number of alkyl halides is 1. The van der Waals surface area contributed by atoms with E-state index in [1.54, 1.807) is 0 Å². The lowest BCUT2D eigenvalue weighted by atomic mass is 9.94. The molecule has 0 aromatic heterocycles. The minimum absolute atomic E-state index is 0.174. The van der Waals surface area contributed by atoms with Gasteiger partial charge in [0.15, 0.2) is 0 Å². The molecule has 2 heteroatoms. The van der Waals surface area contributed by atoms with Crippen LogP contribution in [0.4, 0.5) is 0 Å². The maximum atomic E-state index is 9.17. The number of halogens is 1. The average Bonchev–Trinajstić information content (AvgIpc) is 1.64. The summed E-state index contributed by atoms with van der Waals surface area (Å²) in [4.78, 5) is 0. The summed E-state index contributed by atoms with van der Waals surface area (Å²) in [6.07, 6.45) is 1.07. The Morgan fingerprint density at radius 3 is 1.89 bits per heavy atom. The molecule has 0 aliphatic carbocycles. The first-order chi connectivity index (χ1) is 4.09. The summed E-state index contributed by atoms with van der Waals surface area (Å²) in [6.45, 7) is 6.42. The number of aliphatic hydroxyl groups excluding tert-OH is 1. The molecule has 0 rings (SSSR count). The van der Waals surface area contributed by atoms with Crippen molar-refractivity contribution in [2.75, 3.05) is 0 Å². The van der Waals surface area contributed by atoms with Crippen molar-refractivity contribution >= 4 is 22.6 Å². The Labute approximate surface area is 71.0 Å². The minimum atomic E-state index is -0.174. The lowest BCUT2D eigenvalue weighted by Crippen LogP contribution is -2.18. The van der Waals surface area contributed by atoms with Crippen LogP contribution in [0.25, 0.3) is 0 Å². The van der Waals surface area contributed by atoms with Gasteiger partial charge in [0.05, 0.1) is 0 Å². The molecular formula is C7H15IO. The van der Waals surface area contributed by atoms with Crippen LogP contribution in [-0.4, -0.2) is 9.22 Å². The van der Waals surface area contributed by atoms with Gasteiger partial charge in [0.1, 0.15) is 4.11 Å². The molecule has 0 saturated carbocycles. The maximum absolute atomic E-state index is 9.17. The molecular weight excluding hydrogens is 227 g/mol. The lowest BCUT2D eigenvalue weighted by molar-refractivity contribution is 0.168. The summed E-state index contributed by atoms with van der Waals surface area (Å²) < 4.78 is -0.174. The third kappa shape index (κ3) is 3.40. The first-order valence-electron chi connectivity index (χ1n) is 3.41. The van der Waals surface area contributed by atoms with Crippen molar-refractivity contribution in [2.45, 2.75) is 31.3 Å². The molecule has 0 aromatic rings. The monoisotopic (exact) mass is 242 g/mol. The van der Waals surface area contributed by atoms with Gasteiger partial charge in [-0.2, -0.15) is 0 Å². The molecule has 0 fully saturated rings. The topological polar surface area (TPSA) is 20.2 Å². The van der Waals surface area contributed by atoms with E-state index in [9.17, 15) is 0 Å². The predicted molar refractivity (Wildman–Crippen MR) is 48.6 cm³/mol. The SMILES string of the molecule is CC[C@H](C(C)C)C(O)I. The van der Waals surface area contributed by atoms with Gasteiger partial charge in [0.25, 0.3) is 0 Å². The number of hydrogen-bond donors (Lipinski definition) is 1. The minimum Gasteiger partial charge on any atom is -0.382 e. The molecule has 0 aliphatic heterocycles. The smallest absolute Gasteiger partial charge is 0.108 e. The predicted octanol–water partition coefficient (Wildman–Crippen LogP) is 2.42. The summed E-state index contributed by atoms with van der Waals surface area (Å²) in [7, 11) is 0. The van der Waals surface area contributed by atoms with Crippen molar-refractivity contribution in [3.63, 3.8) is 0 Å². The third-order valence-electron chi connectivity index (χ3n) is 1.68. The van der Waals surface area contributed by atoms with Gasteiger partial charge in [-0.1, -0.05) is 43.4 Å². The molecule has 9 heavy (non-hydrogen) atoms. The van der Waals surface area contributed by atoms with Gasteiger partial charge in [-0.15, -0.1) is 0 Å². The molecule has 0 aromatic carbocycles. The van der Waals surface area contributed by atoms with Crippen molar-refractivity contribution < 1.29 is 5.11 Å². The maximum Gasteiger partial charge on any atom is 0.108 e. The van der Waals surface area contributed by atoms with Gasteiger partial charge in [-0.25, -0.2) is 0 Å². The van der Waals surface area contributed by atoms with Crippen molar-refractivity contribution in [1.29, 1.82) is 0 Å². The largest absolute Gasteiger partial charge is 0.382 e. The summed E-state index contributed by atoms with van der Waals surface area (Å²) in [5.41, 5.74) is 0. The second kappa shape index (κ2) is 4.50. The van der Waals surface area contributed by atoms with Crippen LogP contribution in [0.2, 0.25) is 0 Å². The Hall–Kier alpha value is 0.690. The van der Waals surface area contributed by atoms with Crippen molar-refractivity contribution in [1.82, 2.24) is 0 Å². The van der Waals surface area contributed by atoms with Crippen LogP contribution in [0.15, 0.2) is 0 Å². The molecule has 0 aliphatic rings. The third-order valence-corrected chi connectivity index (χ3v) is 2.60. The molecule has 1 N–H and O–H groups in total. The Bertz CT molecular complexity index is 63.3. The van der Waals surface area contributed by atoms with E-state index < -0.39 is 0 Å². The summed E-state index contributed by atoms with van der Waals surface area (Å²) in [5, 5.41) is 9.17. The molecule has 0 bridgehead atoms. The van der Waals surface area contributed by atoms with Crippen LogP contribution in [0.5, 0.6) is 0 Å². The summed E-state index contributed by atoms with van der Waals surface area (Å²) >= 11 is 2.08. The highest BCUT2D eigenvalue weighted by molar-refractivity contribution is 14.1. The summed E-state index contributed by atoms with van der Waals surface area (Å²) in [5.74, 6) is 1.06. The summed E-state index contributed by atoms with van der Waals surface area (Å²) in [6, 6.07) is 0.